The van der Waals surface area contributed by atoms with Gasteiger partial charge in [-0.15, -0.1) is 0 Å². The first kappa shape index (κ1) is 25.5. The van der Waals surface area contributed by atoms with Gasteiger partial charge in [-0.2, -0.15) is 0 Å². The molecule has 9 atom stereocenters. The maximum Gasteiger partial charge on any atom is 0.311 e. The molecule has 0 radical (unpaired) electrons. The van der Waals surface area contributed by atoms with E-state index in [0.717, 1.165) is 57.8 Å². The molecule has 0 amide bonds. The van der Waals surface area contributed by atoms with Crippen molar-refractivity contribution >= 4 is 11.8 Å². The molecule has 4 fully saturated rings. The molecular formula is C31H48O4. The number of aliphatic hydroxyl groups excluding tert-OH is 1. The second-order valence-corrected chi connectivity index (χ2v) is 15.1. The summed E-state index contributed by atoms with van der Waals surface area (Å²) >= 11 is 0. The fraction of sp³-hybridized carbons (Fsp3) is 0.871. The van der Waals surface area contributed by atoms with Gasteiger partial charge in [0, 0.05) is 5.92 Å². The van der Waals surface area contributed by atoms with Gasteiger partial charge in [0.25, 0.3) is 0 Å². The van der Waals surface area contributed by atoms with Crippen molar-refractivity contribution in [2.45, 2.75) is 112 Å². The second-order valence-electron chi connectivity index (χ2n) is 15.1. The molecule has 4 nitrogen and oxygen atoms in total. The highest BCUT2D eigenvalue weighted by molar-refractivity contribution is 5.95. The molecular weight excluding hydrogens is 436 g/mol. The molecule has 5 aliphatic rings. The Morgan fingerprint density at radius 3 is 2.26 bits per heavy atom. The first-order chi connectivity index (χ1) is 16.1. The Morgan fingerprint density at radius 1 is 0.943 bits per heavy atom. The SMILES string of the molecule is COC(=O)C1(C)CCC2(C)CCC3(C)C(C(=O)C=C4C5(C)CCC(O)C(C)(C)C5CCC43C)C2C1. The van der Waals surface area contributed by atoms with E-state index in [9.17, 15) is 14.7 Å². The Bertz CT molecular complexity index is 980. The number of methoxy groups -OCH3 is 1. The largest absolute Gasteiger partial charge is 0.469 e. The summed E-state index contributed by atoms with van der Waals surface area (Å²) in [4.78, 5) is 27.1. The van der Waals surface area contributed by atoms with E-state index in [-0.39, 0.29) is 51.0 Å². The third-order valence-electron chi connectivity index (χ3n) is 13.3. The number of rotatable bonds is 1. The van der Waals surface area contributed by atoms with Crippen LogP contribution >= 0.6 is 0 Å². The fourth-order valence-electron chi connectivity index (χ4n) is 10.5. The predicted octanol–water partition coefficient (Wildman–Crippen LogP) is 6.50. The van der Waals surface area contributed by atoms with Crippen LogP contribution in [0.4, 0.5) is 0 Å². The van der Waals surface area contributed by atoms with Gasteiger partial charge < -0.3 is 9.84 Å². The van der Waals surface area contributed by atoms with E-state index < -0.39 is 5.41 Å². The quantitative estimate of drug-likeness (QED) is 0.431. The summed E-state index contributed by atoms with van der Waals surface area (Å²) in [7, 11) is 1.50. The molecule has 0 aromatic heterocycles. The van der Waals surface area contributed by atoms with E-state index in [1.54, 1.807) is 0 Å². The number of fused-ring (bicyclic) bond motifs is 7. The highest BCUT2D eigenvalue weighted by Gasteiger charge is 2.69. The fourth-order valence-corrected chi connectivity index (χ4v) is 10.5. The zero-order chi connectivity index (χ0) is 25.8. The van der Waals surface area contributed by atoms with Gasteiger partial charge in [-0.3, -0.25) is 9.59 Å². The lowest BCUT2D eigenvalue weighted by molar-refractivity contribution is -0.185. The zero-order valence-corrected chi connectivity index (χ0v) is 23.4. The summed E-state index contributed by atoms with van der Waals surface area (Å²) in [5, 5.41) is 10.9. The Labute approximate surface area is 212 Å². The Hall–Kier alpha value is -1.16. The van der Waals surface area contributed by atoms with Crippen molar-refractivity contribution in [1.82, 2.24) is 0 Å². The van der Waals surface area contributed by atoms with Crippen LogP contribution in [0.15, 0.2) is 11.6 Å². The van der Waals surface area contributed by atoms with Gasteiger partial charge in [0.15, 0.2) is 5.78 Å². The van der Waals surface area contributed by atoms with E-state index in [1.165, 1.54) is 12.7 Å². The van der Waals surface area contributed by atoms with Crippen LogP contribution in [0.25, 0.3) is 0 Å². The number of carbonyl (C=O) groups is 2. The number of allylic oxidation sites excluding steroid dienone is 2. The van der Waals surface area contributed by atoms with E-state index >= 15 is 0 Å². The molecule has 0 aliphatic heterocycles. The Morgan fingerprint density at radius 2 is 1.60 bits per heavy atom. The van der Waals surface area contributed by atoms with Gasteiger partial charge in [0.2, 0.25) is 0 Å². The Kier molecular flexibility index (Phi) is 5.43. The summed E-state index contributed by atoms with van der Waals surface area (Å²) in [5.74, 6) is 0.736. The molecule has 35 heavy (non-hydrogen) atoms. The monoisotopic (exact) mass is 484 g/mol. The van der Waals surface area contributed by atoms with Gasteiger partial charge >= 0.3 is 5.97 Å². The number of hydrogen-bond acceptors (Lipinski definition) is 4. The van der Waals surface area contributed by atoms with Gasteiger partial charge in [-0.25, -0.2) is 0 Å². The molecule has 0 saturated heterocycles. The van der Waals surface area contributed by atoms with Crippen molar-refractivity contribution in [3.63, 3.8) is 0 Å². The topological polar surface area (TPSA) is 63.6 Å². The normalized spacial score (nSPS) is 52.8. The molecule has 0 aromatic carbocycles. The van der Waals surface area contributed by atoms with Crippen LogP contribution in [-0.2, 0) is 14.3 Å². The van der Waals surface area contributed by atoms with Gasteiger partial charge in [0.1, 0.15) is 0 Å². The van der Waals surface area contributed by atoms with Crippen LogP contribution in [0.5, 0.6) is 0 Å². The lowest BCUT2D eigenvalue weighted by Gasteiger charge is -2.70. The van der Waals surface area contributed by atoms with Crippen molar-refractivity contribution < 1.29 is 19.4 Å². The van der Waals surface area contributed by atoms with Crippen molar-refractivity contribution in [1.29, 1.82) is 0 Å². The standard InChI is InChI=1S/C31H48O4/c1-26(2)21-9-12-30(6)22(29(21,5)11-10-23(26)33)17-20(32)24-19-18-28(4,25(34)35-8)14-13-27(19,3)15-16-31(24,30)7/h17,19,21,23-24,33H,9-16,18H2,1-8H3. The number of ether oxygens (including phenoxy) is 1. The number of ketones is 1. The minimum atomic E-state index is -0.504. The number of hydrogen-bond donors (Lipinski definition) is 1. The van der Waals surface area contributed by atoms with Crippen LogP contribution in [0.3, 0.4) is 0 Å². The molecule has 4 heteroatoms. The molecule has 9 unspecified atom stereocenters. The summed E-state index contributed by atoms with van der Waals surface area (Å²) in [6, 6.07) is 0. The van der Waals surface area contributed by atoms with E-state index in [0.29, 0.717) is 11.7 Å². The van der Waals surface area contributed by atoms with Gasteiger partial charge in [0.05, 0.1) is 18.6 Å². The average Bonchev–Trinajstić information content (AvgIpc) is 2.79. The van der Waals surface area contributed by atoms with E-state index in [4.69, 9.17) is 4.74 Å². The maximum atomic E-state index is 14.3. The molecule has 0 heterocycles. The van der Waals surface area contributed by atoms with Crippen LogP contribution in [0.1, 0.15) is 106 Å². The molecule has 5 rings (SSSR count). The minimum absolute atomic E-state index is 0.0321. The first-order valence-corrected chi connectivity index (χ1v) is 14.1. The molecule has 5 aliphatic carbocycles. The van der Waals surface area contributed by atoms with Crippen LogP contribution < -0.4 is 0 Å². The molecule has 1 N–H and O–H groups in total. The smallest absolute Gasteiger partial charge is 0.311 e. The Balaban J connectivity index is 1.61. The van der Waals surface area contributed by atoms with Crippen molar-refractivity contribution in [3.8, 4) is 0 Å². The number of carbonyl (C=O) groups excluding carboxylic acids is 2. The maximum absolute atomic E-state index is 14.3. The van der Waals surface area contributed by atoms with Crippen LogP contribution in [0, 0.1) is 50.2 Å². The second kappa shape index (κ2) is 7.45. The highest BCUT2D eigenvalue weighted by Crippen LogP contribution is 2.75. The highest BCUT2D eigenvalue weighted by atomic mass is 16.5. The summed E-state index contributed by atoms with van der Waals surface area (Å²) in [6.45, 7) is 16.2. The van der Waals surface area contributed by atoms with Gasteiger partial charge in [-0.1, -0.05) is 47.1 Å². The first-order valence-electron chi connectivity index (χ1n) is 14.1. The van der Waals surface area contributed by atoms with Crippen molar-refractivity contribution in [2.24, 2.45) is 50.2 Å². The molecule has 0 aromatic rings. The van der Waals surface area contributed by atoms with Crippen LogP contribution in [0.2, 0.25) is 0 Å². The third kappa shape index (κ3) is 3.07. The third-order valence-corrected chi connectivity index (χ3v) is 13.3. The van der Waals surface area contributed by atoms with Gasteiger partial charge in [-0.05, 0) is 110 Å². The van der Waals surface area contributed by atoms with Crippen molar-refractivity contribution in [2.75, 3.05) is 7.11 Å². The molecule has 0 spiro atoms. The minimum Gasteiger partial charge on any atom is -0.469 e. The number of esters is 1. The number of aliphatic hydroxyl groups is 1. The molecule has 4 saturated carbocycles. The average molecular weight is 485 g/mol. The van der Waals surface area contributed by atoms with E-state index in [2.05, 4.69) is 54.5 Å². The predicted molar refractivity (Wildman–Crippen MR) is 137 cm³/mol. The molecule has 196 valence electrons. The van der Waals surface area contributed by atoms with Crippen LogP contribution in [-0.4, -0.2) is 30.1 Å². The lowest BCUT2D eigenvalue weighted by Crippen LogP contribution is -2.65. The summed E-state index contributed by atoms with van der Waals surface area (Å²) in [5.41, 5.74) is 0.638. The van der Waals surface area contributed by atoms with E-state index in [1.807, 2.05) is 0 Å². The summed E-state index contributed by atoms with van der Waals surface area (Å²) < 4.78 is 5.24. The van der Waals surface area contributed by atoms with Crippen molar-refractivity contribution in [3.05, 3.63) is 11.6 Å². The summed E-state index contributed by atoms with van der Waals surface area (Å²) in [6.07, 6.45) is 10.5. The lowest BCUT2D eigenvalue weighted by atomic mass is 9.34. The molecule has 0 bridgehead atoms. The zero-order valence-electron chi connectivity index (χ0n) is 23.4.